The van der Waals surface area contributed by atoms with Gasteiger partial charge < -0.3 is 14.7 Å². The monoisotopic (exact) mass is 227 g/mol. The van der Waals surface area contributed by atoms with Crippen LogP contribution in [0, 0.1) is 5.92 Å². The molecule has 0 spiro atoms. The van der Waals surface area contributed by atoms with Gasteiger partial charge in [0, 0.05) is 13.1 Å². The van der Waals surface area contributed by atoms with Gasteiger partial charge in [-0.3, -0.25) is 4.79 Å². The number of nitrogens with zero attached hydrogens (tertiary/aromatic N) is 1. The third-order valence-corrected chi connectivity index (χ3v) is 2.93. The summed E-state index contributed by atoms with van der Waals surface area (Å²) in [6, 6.07) is 0. The molecular formula is C11H17NO4. The molecule has 0 saturated carbocycles. The highest BCUT2D eigenvalue weighted by Crippen LogP contribution is 2.26. The second-order valence-corrected chi connectivity index (χ2v) is 3.83. The van der Waals surface area contributed by atoms with E-state index in [2.05, 4.69) is 4.74 Å². The van der Waals surface area contributed by atoms with Crippen molar-refractivity contribution in [2.45, 2.75) is 19.8 Å². The summed E-state index contributed by atoms with van der Waals surface area (Å²) in [5, 5.41) is 8.87. The minimum atomic E-state index is -0.907. The molecule has 0 bridgehead atoms. The van der Waals surface area contributed by atoms with Crippen molar-refractivity contribution >= 4 is 12.1 Å². The minimum absolute atomic E-state index is 0.119. The maximum absolute atomic E-state index is 11.2. The highest BCUT2D eigenvalue weighted by Gasteiger charge is 2.27. The van der Waals surface area contributed by atoms with Crippen LogP contribution in [0.15, 0.2) is 11.6 Å². The average Bonchev–Trinajstić information content (AvgIpc) is 2.29. The normalized spacial score (nSPS) is 23.2. The molecule has 90 valence electrons. The zero-order chi connectivity index (χ0) is 12.1. The molecule has 0 aromatic heterocycles. The standard InChI is InChI=1S/C11H17NO4/c1-3-8-7-12(11(14)15)5-4-9(8)6-10(13)16-2/h3,9H,4-7H2,1-2H3,(H,14,15). The number of methoxy groups -OCH3 is 1. The molecule has 16 heavy (non-hydrogen) atoms. The van der Waals surface area contributed by atoms with E-state index in [1.165, 1.54) is 12.0 Å². The fourth-order valence-corrected chi connectivity index (χ4v) is 1.93. The topological polar surface area (TPSA) is 66.8 Å². The number of hydrogen-bond donors (Lipinski definition) is 1. The lowest BCUT2D eigenvalue weighted by molar-refractivity contribution is -0.141. The molecule has 1 saturated heterocycles. The molecule has 0 radical (unpaired) electrons. The maximum atomic E-state index is 11.2. The first-order valence-corrected chi connectivity index (χ1v) is 5.28. The Hall–Kier alpha value is -1.52. The van der Waals surface area contributed by atoms with Crippen molar-refractivity contribution < 1.29 is 19.4 Å². The number of ether oxygens (including phenoxy) is 1. The molecule has 0 aromatic rings. The van der Waals surface area contributed by atoms with Crippen molar-refractivity contribution in [2.75, 3.05) is 20.2 Å². The molecule has 0 aromatic carbocycles. The van der Waals surface area contributed by atoms with Crippen molar-refractivity contribution in [3.63, 3.8) is 0 Å². The smallest absolute Gasteiger partial charge is 0.407 e. The van der Waals surface area contributed by atoms with Crippen molar-refractivity contribution in [1.29, 1.82) is 0 Å². The lowest BCUT2D eigenvalue weighted by Gasteiger charge is -2.32. The van der Waals surface area contributed by atoms with Crippen molar-refractivity contribution in [1.82, 2.24) is 4.90 Å². The second-order valence-electron chi connectivity index (χ2n) is 3.83. The number of esters is 1. The molecule has 1 fully saturated rings. The quantitative estimate of drug-likeness (QED) is 0.573. The minimum Gasteiger partial charge on any atom is -0.469 e. The number of piperidine rings is 1. The number of allylic oxidation sites excluding steroid dienone is 1. The Morgan fingerprint density at radius 3 is 2.81 bits per heavy atom. The summed E-state index contributed by atoms with van der Waals surface area (Å²) >= 11 is 0. The number of carbonyl (C=O) groups excluding carboxylic acids is 1. The Labute approximate surface area is 94.7 Å². The van der Waals surface area contributed by atoms with Crippen LogP contribution in [-0.4, -0.2) is 42.3 Å². The fourth-order valence-electron chi connectivity index (χ4n) is 1.93. The number of carboxylic acid groups (broad SMARTS) is 1. The van der Waals surface area contributed by atoms with Gasteiger partial charge in [-0.2, -0.15) is 0 Å². The van der Waals surface area contributed by atoms with Crippen molar-refractivity contribution in [2.24, 2.45) is 5.92 Å². The summed E-state index contributed by atoms with van der Waals surface area (Å²) in [6.07, 6.45) is 2.00. The SMILES string of the molecule is CC=C1CN(C(=O)O)CCC1CC(=O)OC. The Kier molecular flexibility index (Phi) is 4.34. The highest BCUT2D eigenvalue weighted by molar-refractivity contribution is 5.70. The average molecular weight is 227 g/mol. The summed E-state index contributed by atoms with van der Waals surface area (Å²) < 4.78 is 4.62. The van der Waals surface area contributed by atoms with Gasteiger partial charge in [0.25, 0.3) is 0 Å². The summed E-state index contributed by atoms with van der Waals surface area (Å²) in [5.41, 5.74) is 0.999. The zero-order valence-corrected chi connectivity index (χ0v) is 9.60. The van der Waals surface area contributed by atoms with Gasteiger partial charge >= 0.3 is 12.1 Å². The molecule has 5 nitrogen and oxygen atoms in total. The number of amides is 1. The number of rotatable bonds is 2. The number of likely N-dealkylation sites (tertiary alicyclic amines) is 1. The summed E-state index contributed by atoms with van der Waals surface area (Å²) in [7, 11) is 1.37. The maximum Gasteiger partial charge on any atom is 0.407 e. The lowest BCUT2D eigenvalue weighted by Crippen LogP contribution is -2.39. The molecule has 1 unspecified atom stereocenters. The van der Waals surface area contributed by atoms with Crippen LogP contribution in [0.4, 0.5) is 4.79 Å². The van der Waals surface area contributed by atoms with E-state index in [9.17, 15) is 9.59 Å². The van der Waals surface area contributed by atoms with E-state index in [4.69, 9.17) is 5.11 Å². The van der Waals surface area contributed by atoms with Crippen LogP contribution in [0.25, 0.3) is 0 Å². The van der Waals surface area contributed by atoms with E-state index in [1.807, 2.05) is 13.0 Å². The van der Waals surface area contributed by atoms with Crippen LogP contribution in [0.5, 0.6) is 0 Å². The van der Waals surface area contributed by atoms with Gasteiger partial charge in [-0.1, -0.05) is 11.6 Å². The molecule has 1 heterocycles. The number of carbonyl (C=O) groups is 2. The Morgan fingerprint density at radius 1 is 1.62 bits per heavy atom. The van der Waals surface area contributed by atoms with E-state index < -0.39 is 6.09 Å². The molecule has 1 rings (SSSR count). The zero-order valence-electron chi connectivity index (χ0n) is 9.60. The molecule has 0 aliphatic carbocycles. The first kappa shape index (κ1) is 12.5. The van der Waals surface area contributed by atoms with E-state index in [-0.39, 0.29) is 11.9 Å². The molecule has 1 N–H and O–H groups in total. The number of hydrogen-bond acceptors (Lipinski definition) is 3. The molecule has 1 aliphatic heterocycles. The molecular weight excluding hydrogens is 210 g/mol. The first-order valence-electron chi connectivity index (χ1n) is 5.28. The van der Waals surface area contributed by atoms with Gasteiger partial charge in [0.15, 0.2) is 0 Å². The predicted octanol–water partition coefficient (Wildman–Crippen LogP) is 1.50. The summed E-state index contributed by atoms with van der Waals surface area (Å²) in [5.74, 6) is -0.124. The Morgan fingerprint density at radius 2 is 2.31 bits per heavy atom. The molecule has 1 atom stereocenters. The predicted molar refractivity (Wildman–Crippen MR) is 58.1 cm³/mol. The van der Waals surface area contributed by atoms with Crippen LogP contribution in [0.1, 0.15) is 19.8 Å². The van der Waals surface area contributed by atoms with Crippen molar-refractivity contribution in [3.8, 4) is 0 Å². The third-order valence-electron chi connectivity index (χ3n) is 2.93. The van der Waals surface area contributed by atoms with Crippen LogP contribution >= 0.6 is 0 Å². The van der Waals surface area contributed by atoms with E-state index in [0.717, 1.165) is 5.57 Å². The van der Waals surface area contributed by atoms with E-state index >= 15 is 0 Å². The van der Waals surface area contributed by atoms with Crippen LogP contribution in [0.3, 0.4) is 0 Å². The largest absolute Gasteiger partial charge is 0.469 e. The molecule has 1 aliphatic rings. The Balaban J connectivity index is 2.63. The summed E-state index contributed by atoms with van der Waals surface area (Å²) in [6.45, 7) is 2.74. The van der Waals surface area contributed by atoms with E-state index in [1.54, 1.807) is 0 Å². The fraction of sp³-hybridized carbons (Fsp3) is 0.636. The van der Waals surface area contributed by atoms with Crippen LogP contribution < -0.4 is 0 Å². The van der Waals surface area contributed by atoms with Gasteiger partial charge in [0.05, 0.1) is 13.5 Å². The molecule has 1 amide bonds. The first-order chi connectivity index (χ1) is 7.58. The van der Waals surface area contributed by atoms with Crippen LogP contribution in [-0.2, 0) is 9.53 Å². The summed E-state index contributed by atoms with van der Waals surface area (Å²) in [4.78, 5) is 23.3. The van der Waals surface area contributed by atoms with Crippen LogP contribution in [0.2, 0.25) is 0 Å². The van der Waals surface area contributed by atoms with Gasteiger partial charge in [-0.25, -0.2) is 4.79 Å². The van der Waals surface area contributed by atoms with Gasteiger partial charge in [-0.05, 0) is 19.3 Å². The lowest BCUT2D eigenvalue weighted by atomic mass is 9.88. The Bertz CT molecular complexity index is 311. The van der Waals surface area contributed by atoms with Gasteiger partial charge in [0.1, 0.15) is 0 Å². The third kappa shape index (κ3) is 2.98. The van der Waals surface area contributed by atoms with Crippen molar-refractivity contribution in [3.05, 3.63) is 11.6 Å². The molecule has 5 heteroatoms. The van der Waals surface area contributed by atoms with E-state index in [0.29, 0.717) is 25.9 Å². The van der Waals surface area contributed by atoms with Gasteiger partial charge in [-0.15, -0.1) is 0 Å². The second kappa shape index (κ2) is 5.53. The van der Waals surface area contributed by atoms with Gasteiger partial charge in [0.2, 0.25) is 0 Å². The highest BCUT2D eigenvalue weighted by atomic mass is 16.5.